The van der Waals surface area contributed by atoms with Gasteiger partial charge in [-0.3, -0.25) is 9.78 Å². The van der Waals surface area contributed by atoms with E-state index in [0.29, 0.717) is 29.9 Å². The van der Waals surface area contributed by atoms with Gasteiger partial charge in [0.25, 0.3) is 5.91 Å². The monoisotopic (exact) mass is 284 g/mol. The van der Waals surface area contributed by atoms with Gasteiger partial charge in [-0.1, -0.05) is 11.8 Å². The van der Waals surface area contributed by atoms with E-state index < -0.39 is 0 Å². The molecule has 108 valence electrons. The maximum Gasteiger partial charge on any atom is 0.253 e. The van der Waals surface area contributed by atoms with E-state index in [9.17, 15) is 4.79 Å². The molecule has 1 amide bonds. The number of nitrogens with zero attached hydrogens (tertiary/aromatic N) is 1. The largest absolute Gasteiger partial charge is 0.465 e. The Morgan fingerprint density at radius 1 is 1.43 bits per heavy atom. The van der Waals surface area contributed by atoms with Gasteiger partial charge in [-0.15, -0.1) is 0 Å². The van der Waals surface area contributed by atoms with Crippen molar-refractivity contribution in [3.63, 3.8) is 0 Å². The minimum absolute atomic E-state index is 0.0170. The molecule has 0 fully saturated rings. The molecule has 2 aromatic rings. The number of carbonyl (C=O) groups excluding carboxylic acids is 1. The molecule has 0 saturated carbocycles. The molecule has 0 aliphatic carbocycles. The van der Waals surface area contributed by atoms with Crippen LogP contribution in [-0.4, -0.2) is 22.6 Å². The van der Waals surface area contributed by atoms with Gasteiger partial charge in [0, 0.05) is 24.4 Å². The highest BCUT2D eigenvalue weighted by Crippen LogP contribution is 2.07. The van der Waals surface area contributed by atoms with E-state index in [1.54, 1.807) is 12.3 Å². The van der Waals surface area contributed by atoms with Gasteiger partial charge in [0.1, 0.15) is 11.5 Å². The molecule has 5 nitrogen and oxygen atoms in total. The summed E-state index contributed by atoms with van der Waals surface area (Å²) < 4.78 is 5.38. The topological polar surface area (TPSA) is 75.4 Å². The van der Waals surface area contributed by atoms with Crippen molar-refractivity contribution in [2.45, 2.75) is 19.9 Å². The second-order valence-electron chi connectivity index (χ2n) is 4.43. The zero-order valence-electron chi connectivity index (χ0n) is 11.7. The minimum atomic E-state index is -0.234. The molecular weight excluding hydrogens is 268 g/mol. The molecule has 2 rings (SSSR count). The molecule has 5 heteroatoms. The zero-order valence-corrected chi connectivity index (χ0v) is 11.7. The predicted octanol–water partition coefficient (Wildman–Crippen LogP) is 1.65. The Morgan fingerprint density at radius 3 is 3.00 bits per heavy atom. The van der Waals surface area contributed by atoms with Crippen LogP contribution >= 0.6 is 0 Å². The molecule has 21 heavy (non-hydrogen) atoms. The molecule has 0 aromatic carbocycles. The number of furan rings is 1. The third-order valence-corrected chi connectivity index (χ3v) is 2.69. The molecule has 2 aromatic heterocycles. The van der Waals surface area contributed by atoms with Crippen molar-refractivity contribution in [2.75, 3.05) is 6.61 Å². The number of carbonyl (C=O) groups is 1. The molecule has 0 aliphatic rings. The molecule has 0 unspecified atom stereocenters. The van der Waals surface area contributed by atoms with E-state index in [2.05, 4.69) is 22.1 Å². The zero-order chi connectivity index (χ0) is 15.1. The van der Waals surface area contributed by atoms with Crippen molar-refractivity contribution >= 4 is 5.91 Å². The first-order chi connectivity index (χ1) is 10.2. The van der Waals surface area contributed by atoms with Crippen molar-refractivity contribution in [1.82, 2.24) is 10.3 Å². The molecule has 0 saturated heterocycles. The van der Waals surface area contributed by atoms with E-state index in [4.69, 9.17) is 9.52 Å². The van der Waals surface area contributed by atoms with Crippen molar-refractivity contribution in [3.05, 3.63) is 53.2 Å². The summed E-state index contributed by atoms with van der Waals surface area (Å²) in [5, 5.41) is 11.4. The normalized spacial score (nSPS) is 9.81. The number of pyridine rings is 1. The van der Waals surface area contributed by atoms with Crippen LogP contribution in [0.15, 0.2) is 35.0 Å². The lowest BCUT2D eigenvalue weighted by molar-refractivity contribution is 0.0947. The number of aryl methyl sites for hydroxylation is 1. The first-order valence-electron chi connectivity index (χ1n) is 6.57. The van der Waals surface area contributed by atoms with E-state index in [1.807, 2.05) is 19.1 Å². The molecule has 0 bridgehead atoms. The van der Waals surface area contributed by atoms with Crippen molar-refractivity contribution in [1.29, 1.82) is 0 Å². The highest BCUT2D eigenvalue weighted by Gasteiger charge is 2.07. The van der Waals surface area contributed by atoms with Crippen LogP contribution in [0.25, 0.3) is 0 Å². The fraction of sp³-hybridized carbons (Fsp3) is 0.250. The van der Waals surface area contributed by atoms with Gasteiger partial charge < -0.3 is 14.8 Å². The summed E-state index contributed by atoms with van der Waals surface area (Å²) in [4.78, 5) is 16.0. The molecule has 0 atom stereocenters. The number of rotatable bonds is 4. The number of aliphatic hydroxyl groups excluding tert-OH is 1. The number of aliphatic hydroxyl groups is 1. The Bertz CT molecular complexity index is 680. The Hall–Kier alpha value is -2.58. The minimum Gasteiger partial charge on any atom is -0.465 e. The fourth-order valence-electron chi connectivity index (χ4n) is 1.70. The fourth-order valence-corrected chi connectivity index (χ4v) is 1.70. The molecule has 2 N–H and O–H groups in total. The third-order valence-electron chi connectivity index (χ3n) is 2.69. The summed E-state index contributed by atoms with van der Waals surface area (Å²) in [6.45, 7) is 2.19. The van der Waals surface area contributed by atoms with Crippen molar-refractivity contribution in [3.8, 4) is 11.8 Å². The maximum absolute atomic E-state index is 12.0. The summed E-state index contributed by atoms with van der Waals surface area (Å²) in [5.74, 6) is 6.91. The van der Waals surface area contributed by atoms with Gasteiger partial charge in [-0.2, -0.15) is 0 Å². The van der Waals surface area contributed by atoms with E-state index in [0.717, 1.165) is 5.76 Å². The second kappa shape index (κ2) is 7.27. The standard InChI is InChI=1S/C16H16N2O3/c1-12-5-6-15(21-12)11-18-16(20)14-8-13(9-17-10-14)4-2-3-7-19/h5-6,8-10,19H,3,7,11H2,1H3,(H,18,20). The highest BCUT2D eigenvalue weighted by molar-refractivity contribution is 5.94. The number of hydrogen-bond donors (Lipinski definition) is 2. The SMILES string of the molecule is Cc1ccc(CNC(=O)c2cncc(C#CCCO)c2)o1. The maximum atomic E-state index is 12.0. The second-order valence-corrected chi connectivity index (χ2v) is 4.43. The van der Waals surface area contributed by atoms with Gasteiger partial charge in [-0.05, 0) is 25.1 Å². The van der Waals surface area contributed by atoms with Crippen LogP contribution in [0.5, 0.6) is 0 Å². The lowest BCUT2D eigenvalue weighted by atomic mass is 10.2. The average molecular weight is 284 g/mol. The van der Waals surface area contributed by atoms with Gasteiger partial charge in [0.05, 0.1) is 18.7 Å². The van der Waals surface area contributed by atoms with Crippen LogP contribution in [-0.2, 0) is 6.54 Å². The predicted molar refractivity (Wildman–Crippen MR) is 77.4 cm³/mol. The summed E-state index contributed by atoms with van der Waals surface area (Å²) in [7, 11) is 0. The van der Waals surface area contributed by atoms with Gasteiger partial charge in [0.15, 0.2) is 0 Å². The highest BCUT2D eigenvalue weighted by atomic mass is 16.3. The molecular formula is C16H16N2O3. The molecule has 0 spiro atoms. The molecule has 0 radical (unpaired) electrons. The third kappa shape index (κ3) is 4.48. The Kier molecular flexibility index (Phi) is 5.13. The summed E-state index contributed by atoms with van der Waals surface area (Å²) in [5.41, 5.74) is 1.08. The average Bonchev–Trinajstić information content (AvgIpc) is 2.91. The first-order valence-corrected chi connectivity index (χ1v) is 6.57. The number of amides is 1. The van der Waals surface area contributed by atoms with Crippen LogP contribution in [0.4, 0.5) is 0 Å². The smallest absolute Gasteiger partial charge is 0.253 e. The molecule has 2 heterocycles. The summed E-state index contributed by atoms with van der Waals surface area (Å²) in [6, 6.07) is 5.34. The Labute approximate surface area is 123 Å². The van der Waals surface area contributed by atoms with Crippen LogP contribution in [0.2, 0.25) is 0 Å². The Morgan fingerprint density at radius 2 is 2.29 bits per heavy atom. The van der Waals surface area contributed by atoms with Gasteiger partial charge in [0.2, 0.25) is 0 Å². The van der Waals surface area contributed by atoms with Crippen molar-refractivity contribution < 1.29 is 14.3 Å². The van der Waals surface area contributed by atoms with Crippen LogP contribution in [0.3, 0.4) is 0 Å². The van der Waals surface area contributed by atoms with Gasteiger partial charge >= 0.3 is 0 Å². The van der Waals surface area contributed by atoms with Crippen LogP contribution < -0.4 is 5.32 Å². The summed E-state index contributed by atoms with van der Waals surface area (Å²) >= 11 is 0. The Balaban J connectivity index is 1.99. The van der Waals surface area contributed by atoms with Crippen LogP contribution in [0, 0.1) is 18.8 Å². The summed E-state index contributed by atoms with van der Waals surface area (Å²) in [6.07, 6.45) is 3.46. The van der Waals surface area contributed by atoms with Crippen LogP contribution in [0.1, 0.15) is 33.9 Å². The number of aromatic nitrogens is 1. The van der Waals surface area contributed by atoms with Gasteiger partial charge in [-0.25, -0.2) is 0 Å². The van der Waals surface area contributed by atoms with E-state index in [-0.39, 0.29) is 12.5 Å². The van der Waals surface area contributed by atoms with E-state index in [1.165, 1.54) is 6.20 Å². The lowest BCUT2D eigenvalue weighted by Gasteiger charge is -2.03. The molecule has 0 aliphatic heterocycles. The first kappa shape index (κ1) is 14.8. The number of nitrogens with one attached hydrogen (secondary N) is 1. The quantitative estimate of drug-likeness (QED) is 0.837. The van der Waals surface area contributed by atoms with E-state index >= 15 is 0 Å². The van der Waals surface area contributed by atoms with Crippen molar-refractivity contribution in [2.24, 2.45) is 0 Å². The lowest BCUT2D eigenvalue weighted by Crippen LogP contribution is -2.22. The number of hydrogen-bond acceptors (Lipinski definition) is 4.